The number of hydrogen-bond acceptors (Lipinski definition) is 3. The van der Waals surface area contributed by atoms with Gasteiger partial charge in [0.25, 0.3) is 0 Å². The summed E-state index contributed by atoms with van der Waals surface area (Å²) < 4.78 is 6.10. The van der Waals surface area contributed by atoms with E-state index in [4.69, 9.17) is 16.3 Å². The number of ketones is 1. The summed E-state index contributed by atoms with van der Waals surface area (Å²) in [5.74, 6) is 1.29. The maximum atomic E-state index is 12.1. The van der Waals surface area contributed by atoms with E-state index in [1.165, 1.54) is 11.8 Å². The van der Waals surface area contributed by atoms with E-state index in [-0.39, 0.29) is 5.78 Å². The quantitative estimate of drug-likeness (QED) is 0.653. The number of thioether (sulfide) groups is 1. The van der Waals surface area contributed by atoms with Crippen molar-refractivity contribution in [1.29, 1.82) is 0 Å². The average molecular weight is 386 g/mol. The van der Waals surface area contributed by atoms with Crippen LogP contribution in [0.1, 0.15) is 5.56 Å². The van der Waals surface area contributed by atoms with Gasteiger partial charge in [-0.3, -0.25) is 4.79 Å². The minimum atomic E-state index is 0.147. The van der Waals surface area contributed by atoms with E-state index in [2.05, 4.69) is 15.9 Å². The Balaban J connectivity index is 1.97. The molecule has 0 saturated carbocycles. The summed E-state index contributed by atoms with van der Waals surface area (Å²) in [6.07, 6.45) is 0.370. The molecule has 0 unspecified atom stereocenters. The summed E-state index contributed by atoms with van der Waals surface area (Å²) in [7, 11) is 1.61. The van der Waals surface area contributed by atoms with Crippen molar-refractivity contribution in [3.05, 3.63) is 57.5 Å². The molecule has 5 heteroatoms. The standard InChI is InChI=1S/C16H14BrClO2S/c1-20-13-6-7-14(17)11(9-13)8-12(19)10-21-16-5-3-2-4-15(16)18/h2-7,9H,8,10H2,1H3. The number of benzene rings is 2. The lowest BCUT2D eigenvalue weighted by Gasteiger charge is -2.07. The zero-order valence-corrected chi connectivity index (χ0v) is 14.6. The van der Waals surface area contributed by atoms with Crippen LogP contribution in [0.25, 0.3) is 0 Å². The molecule has 0 fully saturated rings. The first kappa shape index (κ1) is 16.4. The Labute approximate surface area is 142 Å². The Morgan fingerprint density at radius 3 is 2.76 bits per heavy atom. The molecule has 0 aromatic heterocycles. The molecule has 0 saturated heterocycles. The lowest BCUT2D eigenvalue weighted by molar-refractivity contribution is -0.116. The van der Waals surface area contributed by atoms with Crippen molar-refractivity contribution in [2.75, 3.05) is 12.9 Å². The summed E-state index contributed by atoms with van der Waals surface area (Å²) in [4.78, 5) is 13.1. The van der Waals surface area contributed by atoms with Crippen molar-refractivity contribution in [3.8, 4) is 5.75 Å². The van der Waals surface area contributed by atoms with Gasteiger partial charge in [0.15, 0.2) is 0 Å². The van der Waals surface area contributed by atoms with Crippen molar-refractivity contribution < 1.29 is 9.53 Å². The van der Waals surface area contributed by atoms with E-state index < -0.39 is 0 Å². The first-order valence-electron chi connectivity index (χ1n) is 6.31. The largest absolute Gasteiger partial charge is 0.497 e. The fourth-order valence-corrected chi connectivity index (χ4v) is 3.28. The number of carbonyl (C=O) groups excluding carboxylic acids is 1. The van der Waals surface area contributed by atoms with Crippen LogP contribution >= 0.6 is 39.3 Å². The molecular weight excluding hydrogens is 372 g/mol. The topological polar surface area (TPSA) is 26.3 Å². The molecule has 0 heterocycles. The lowest BCUT2D eigenvalue weighted by atomic mass is 10.1. The highest BCUT2D eigenvalue weighted by atomic mass is 79.9. The Hall–Kier alpha value is -0.970. The third-order valence-electron chi connectivity index (χ3n) is 2.87. The van der Waals surface area contributed by atoms with Gasteiger partial charge in [0, 0.05) is 15.8 Å². The predicted octanol–water partition coefficient (Wildman–Crippen LogP) is 5.02. The first-order valence-corrected chi connectivity index (χ1v) is 8.47. The summed E-state index contributed by atoms with van der Waals surface area (Å²) >= 11 is 11.0. The summed E-state index contributed by atoms with van der Waals surface area (Å²) in [5.41, 5.74) is 0.930. The lowest BCUT2D eigenvalue weighted by Crippen LogP contribution is -2.06. The number of methoxy groups -OCH3 is 1. The highest BCUT2D eigenvalue weighted by Gasteiger charge is 2.10. The molecule has 0 amide bonds. The number of rotatable bonds is 6. The van der Waals surface area contributed by atoms with Gasteiger partial charge in [-0.1, -0.05) is 39.7 Å². The summed E-state index contributed by atoms with van der Waals surface area (Å²) in [6.45, 7) is 0. The van der Waals surface area contributed by atoms with E-state index >= 15 is 0 Å². The van der Waals surface area contributed by atoms with Gasteiger partial charge in [-0.15, -0.1) is 11.8 Å². The van der Waals surface area contributed by atoms with Crippen LogP contribution in [0.4, 0.5) is 0 Å². The van der Waals surface area contributed by atoms with E-state index in [9.17, 15) is 4.79 Å². The molecule has 2 aromatic carbocycles. The fraction of sp³-hybridized carbons (Fsp3) is 0.188. The second-order valence-electron chi connectivity index (χ2n) is 4.39. The summed E-state index contributed by atoms with van der Waals surface area (Å²) in [6, 6.07) is 13.2. The zero-order valence-electron chi connectivity index (χ0n) is 11.4. The Morgan fingerprint density at radius 1 is 1.29 bits per heavy atom. The third kappa shape index (κ3) is 4.77. The Bertz CT molecular complexity index is 646. The van der Waals surface area contributed by atoms with Crippen molar-refractivity contribution >= 4 is 45.1 Å². The van der Waals surface area contributed by atoms with Crippen molar-refractivity contribution in [1.82, 2.24) is 0 Å². The minimum Gasteiger partial charge on any atom is -0.497 e. The van der Waals surface area contributed by atoms with Crippen LogP contribution < -0.4 is 4.74 Å². The van der Waals surface area contributed by atoms with Crippen LogP contribution in [0.5, 0.6) is 5.75 Å². The zero-order chi connectivity index (χ0) is 15.2. The molecular formula is C16H14BrClO2S. The number of hydrogen-bond donors (Lipinski definition) is 0. The van der Waals surface area contributed by atoms with Gasteiger partial charge in [0.2, 0.25) is 0 Å². The van der Waals surface area contributed by atoms with Crippen LogP contribution in [0.2, 0.25) is 5.02 Å². The van der Waals surface area contributed by atoms with Gasteiger partial charge in [-0.05, 0) is 35.9 Å². The molecule has 0 radical (unpaired) electrons. The van der Waals surface area contributed by atoms with Gasteiger partial charge < -0.3 is 4.74 Å². The first-order chi connectivity index (χ1) is 10.1. The normalized spacial score (nSPS) is 10.4. The van der Waals surface area contributed by atoms with Gasteiger partial charge in [0.05, 0.1) is 17.9 Å². The fourth-order valence-electron chi connectivity index (χ4n) is 1.80. The molecule has 0 aliphatic rings. The number of ether oxygens (including phenoxy) is 1. The maximum Gasteiger partial charge on any atom is 0.147 e. The van der Waals surface area contributed by atoms with Gasteiger partial charge in [0.1, 0.15) is 11.5 Å². The highest BCUT2D eigenvalue weighted by Crippen LogP contribution is 2.28. The molecule has 0 spiro atoms. The Morgan fingerprint density at radius 2 is 2.05 bits per heavy atom. The monoisotopic (exact) mass is 384 g/mol. The Kier molecular flexibility index (Phi) is 6.15. The van der Waals surface area contributed by atoms with Crippen LogP contribution in [-0.2, 0) is 11.2 Å². The third-order valence-corrected chi connectivity index (χ3v) is 5.21. The summed E-state index contributed by atoms with van der Waals surface area (Å²) in [5, 5.41) is 0.679. The van der Waals surface area contributed by atoms with Gasteiger partial charge in [-0.25, -0.2) is 0 Å². The van der Waals surface area contributed by atoms with Gasteiger partial charge >= 0.3 is 0 Å². The molecule has 110 valence electrons. The maximum absolute atomic E-state index is 12.1. The second kappa shape index (κ2) is 7.87. The molecule has 2 rings (SSSR count). The highest BCUT2D eigenvalue weighted by molar-refractivity contribution is 9.10. The van der Waals surface area contributed by atoms with Crippen LogP contribution in [-0.4, -0.2) is 18.6 Å². The van der Waals surface area contributed by atoms with Crippen molar-refractivity contribution in [2.24, 2.45) is 0 Å². The predicted molar refractivity (Wildman–Crippen MR) is 91.6 cm³/mol. The molecule has 21 heavy (non-hydrogen) atoms. The number of halogens is 2. The van der Waals surface area contributed by atoms with Crippen molar-refractivity contribution in [3.63, 3.8) is 0 Å². The van der Waals surface area contributed by atoms with E-state index in [0.29, 0.717) is 17.2 Å². The number of Topliss-reactive ketones (excluding diaryl/α,β-unsaturated/α-hetero) is 1. The van der Waals surface area contributed by atoms with Crippen LogP contribution in [0, 0.1) is 0 Å². The van der Waals surface area contributed by atoms with E-state index in [1.807, 2.05) is 42.5 Å². The number of carbonyl (C=O) groups is 1. The molecule has 2 aromatic rings. The van der Waals surface area contributed by atoms with Crippen LogP contribution in [0.15, 0.2) is 51.8 Å². The average Bonchev–Trinajstić information content (AvgIpc) is 2.48. The molecule has 2 nitrogen and oxygen atoms in total. The SMILES string of the molecule is COc1ccc(Br)c(CC(=O)CSc2ccccc2Cl)c1. The van der Waals surface area contributed by atoms with Crippen molar-refractivity contribution in [2.45, 2.75) is 11.3 Å². The van der Waals surface area contributed by atoms with Crippen LogP contribution in [0.3, 0.4) is 0 Å². The smallest absolute Gasteiger partial charge is 0.147 e. The van der Waals surface area contributed by atoms with E-state index in [0.717, 1.165) is 20.7 Å². The molecule has 0 bridgehead atoms. The van der Waals surface area contributed by atoms with Gasteiger partial charge in [-0.2, -0.15) is 0 Å². The van der Waals surface area contributed by atoms with E-state index in [1.54, 1.807) is 7.11 Å². The second-order valence-corrected chi connectivity index (χ2v) is 6.67. The molecule has 0 aliphatic heterocycles. The minimum absolute atomic E-state index is 0.147. The molecule has 0 N–H and O–H groups in total. The molecule has 0 atom stereocenters. The molecule has 0 aliphatic carbocycles.